The van der Waals surface area contributed by atoms with Gasteiger partial charge in [0.25, 0.3) is 5.91 Å². The molecule has 0 bridgehead atoms. The molecule has 1 amide bonds. The summed E-state index contributed by atoms with van der Waals surface area (Å²) in [4.78, 5) is 16.1. The first-order valence-corrected chi connectivity index (χ1v) is 7.05. The van der Waals surface area contributed by atoms with Crippen LogP contribution < -0.4 is 10.1 Å². The van der Waals surface area contributed by atoms with Crippen LogP contribution in [0.2, 0.25) is 0 Å². The van der Waals surface area contributed by atoms with Crippen molar-refractivity contribution in [1.82, 2.24) is 14.7 Å². The largest absolute Gasteiger partial charge is 0.487 e. The first-order chi connectivity index (χ1) is 10.7. The van der Waals surface area contributed by atoms with Gasteiger partial charge in [-0.3, -0.25) is 4.79 Å². The van der Waals surface area contributed by atoms with E-state index in [1.165, 1.54) is 5.56 Å². The number of carbonyl (C=O) groups is 1. The number of nitrogens with one attached hydrogen (secondary N) is 1. The number of nitrogens with zero attached hydrogens (tertiary/aromatic N) is 2. The molecule has 0 unspecified atom stereocenters. The Balaban J connectivity index is 1.75. The highest BCUT2D eigenvalue weighted by molar-refractivity contribution is 5.94. The molecule has 5 heteroatoms. The van der Waals surface area contributed by atoms with E-state index in [0.717, 1.165) is 11.3 Å². The third-order valence-electron chi connectivity index (χ3n) is 3.36. The van der Waals surface area contributed by atoms with E-state index < -0.39 is 0 Å². The summed E-state index contributed by atoms with van der Waals surface area (Å²) in [5.41, 5.74) is 3.49. The second kappa shape index (κ2) is 5.89. The van der Waals surface area contributed by atoms with Gasteiger partial charge in [-0.1, -0.05) is 12.1 Å². The van der Waals surface area contributed by atoms with Gasteiger partial charge in [0.05, 0.1) is 5.69 Å². The molecule has 1 N–H and O–H groups in total. The average molecular weight is 295 g/mol. The summed E-state index contributed by atoms with van der Waals surface area (Å²) in [6, 6.07) is 11.1. The van der Waals surface area contributed by atoms with Gasteiger partial charge in [0, 0.05) is 25.0 Å². The predicted molar refractivity (Wildman–Crippen MR) is 84.1 cm³/mol. The fraction of sp³-hybridized carbons (Fsp3) is 0.176. The van der Waals surface area contributed by atoms with Crippen molar-refractivity contribution in [1.29, 1.82) is 0 Å². The fourth-order valence-corrected chi connectivity index (χ4v) is 2.25. The third kappa shape index (κ3) is 2.93. The molecule has 0 fully saturated rings. The van der Waals surface area contributed by atoms with Gasteiger partial charge in [-0.2, -0.15) is 0 Å². The van der Waals surface area contributed by atoms with Gasteiger partial charge in [0.1, 0.15) is 18.0 Å². The van der Waals surface area contributed by atoms with Crippen LogP contribution in [-0.4, -0.2) is 22.3 Å². The van der Waals surface area contributed by atoms with Crippen molar-refractivity contribution >= 4 is 11.6 Å². The molecule has 0 radical (unpaired) electrons. The number of ether oxygens (including phenoxy) is 1. The Morgan fingerprint density at radius 3 is 2.95 bits per heavy atom. The lowest BCUT2D eigenvalue weighted by atomic mass is 10.2. The second-order valence-electron chi connectivity index (χ2n) is 5.10. The molecule has 2 aromatic heterocycles. The van der Waals surface area contributed by atoms with Crippen molar-refractivity contribution in [2.75, 3.05) is 7.05 Å². The summed E-state index contributed by atoms with van der Waals surface area (Å²) in [5, 5.41) is 2.60. The van der Waals surface area contributed by atoms with Crippen molar-refractivity contribution in [2.45, 2.75) is 13.5 Å². The molecule has 3 aromatic rings. The molecule has 0 aliphatic carbocycles. The van der Waals surface area contributed by atoms with Crippen molar-refractivity contribution in [3.63, 3.8) is 0 Å². The van der Waals surface area contributed by atoms with Crippen LogP contribution in [0.5, 0.6) is 5.75 Å². The monoisotopic (exact) mass is 295 g/mol. The number of hydrogen-bond donors (Lipinski definition) is 1. The number of pyridine rings is 1. The lowest BCUT2D eigenvalue weighted by molar-refractivity contribution is 0.0962. The minimum atomic E-state index is -0.131. The highest BCUT2D eigenvalue weighted by atomic mass is 16.5. The van der Waals surface area contributed by atoms with E-state index in [2.05, 4.69) is 10.3 Å². The molecule has 0 aliphatic heterocycles. The van der Waals surface area contributed by atoms with E-state index in [9.17, 15) is 4.79 Å². The highest BCUT2D eigenvalue weighted by Gasteiger charge is 2.06. The van der Waals surface area contributed by atoms with Crippen LogP contribution in [0.25, 0.3) is 5.65 Å². The molecule has 5 nitrogen and oxygen atoms in total. The molecule has 112 valence electrons. The van der Waals surface area contributed by atoms with Crippen LogP contribution in [0.1, 0.15) is 21.6 Å². The zero-order chi connectivity index (χ0) is 15.5. The maximum absolute atomic E-state index is 11.6. The van der Waals surface area contributed by atoms with Gasteiger partial charge in [-0.15, -0.1) is 0 Å². The Labute approximate surface area is 128 Å². The van der Waals surface area contributed by atoms with E-state index in [1.54, 1.807) is 25.2 Å². The quantitative estimate of drug-likeness (QED) is 0.805. The number of imidazole rings is 1. The number of carbonyl (C=O) groups excluding carboxylic acids is 1. The van der Waals surface area contributed by atoms with E-state index in [4.69, 9.17) is 4.74 Å². The molecular weight excluding hydrogens is 278 g/mol. The number of hydrogen-bond acceptors (Lipinski definition) is 3. The number of fused-ring (bicyclic) bond motifs is 1. The fourth-order valence-electron chi connectivity index (χ4n) is 2.25. The Bertz CT molecular complexity index is 824. The highest BCUT2D eigenvalue weighted by Crippen LogP contribution is 2.15. The standard InChI is InChI=1S/C17H17N3O2/c1-12-6-7-16-19-14(10-20(16)9-12)11-22-15-5-3-4-13(8-15)17(21)18-2/h3-10H,11H2,1-2H3,(H,18,21). The Hall–Kier alpha value is -2.82. The summed E-state index contributed by atoms with van der Waals surface area (Å²) in [6.07, 6.45) is 3.98. The van der Waals surface area contributed by atoms with E-state index in [1.807, 2.05) is 41.9 Å². The van der Waals surface area contributed by atoms with Gasteiger partial charge in [0.15, 0.2) is 0 Å². The Morgan fingerprint density at radius 2 is 2.14 bits per heavy atom. The molecule has 2 heterocycles. The second-order valence-corrected chi connectivity index (χ2v) is 5.10. The number of amides is 1. The molecular formula is C17H17N3O2. The number of benzene rings is 1. The van der Waals surface area contributed by atoms with E-state index in [0.29, 0.717) is 17.9 Å². The van der Waals surface area contributed by atoms with Crippen molar-refractivity contribution in [3.05, 3.63) is 65.6 Å². The normalized spacial score (nSPS) is 10.6. The topological polar surface area (TPSA) is 55.6 Å². The lowest BCUT2D eigenvalue weighted by Crippen LogP contribution is -2.17. The first kappa shape index (κ1) is 14.1. The van der Waals surface area contributed by atoms with E-state index >= 15 is 0 Å². The summed E-state index contributed by atoms with van der Waals surface area (Å²) in [6.45, 7) is 2.40. The van der Waals surface area contributed by atoms with Crippen LogP contribution in [0, 0.1) is 6.92 Å². The molecule has 22 heavy (non-hydrogen) atoms. The SMILES string of the molecule is CNC(=O)c1cccc(OCc2cn3cc(C)ccc3n2)c1. The minimum absolute atomic E-state index is 0.131. The average Bonchev–Trinajstić information content (AvgIpc) is 2.94. The van der Waals surface area contributed by atoms with Crippen molar-refractivity contribution in [2.24, 2.45) is 0 Å². The minimum Gasteiger partial charge on any atom is -0.487 e. The maximum atomic E-state index is 11.6. The molecule has 0 saturated carbocycles. The van der Waals surface area contributed by atoms with Crippen LogP contribution in [0.4, 0.5) is 0 Å². The van der Waals surface area contributed by atoms with Gasteiger partial charge >= 0.3 is 0 Å². The van der Waals surface area contributed by atoms with Gasteiger partial charge < -0.3 is 14.5 Å². The molecule has 0 saturated heterocycles. The van der Waals surface area contributed by atoms with Crippen molar-refractivity contribution < 1.29 is 9.53 Å². The molecule has 0 aliphatic rings. The van der Waals surface area contributed by atoms with Crippen LogP contribution in [-0.2, 0) is 6.61 Å². The molecule has 0 atom stereocenters. The molecule has 1 aromatic carbocycles. The van der Waals surface area contributed by atoms with Gasteiger partial charge in [-0.25, -0.2) is 4.98 Å². The summed E-state index contributed by atoms with van der Waals surface area (Å²) >= 11 is 0. The zero-order valence-corrected chi connectivity index (χ0v) is 12.5. The van der Waals surface area contributed by atoms with Crippen LogP contribution in [0.15, 0.2) is 48.8 Å². The third-order valence-corrected chi connectivity index (χ3v) is 3.36. The van der Waals surface area contributed by atoms with Crippen LogP contribution >= 0.6 is 0 Å². The maximum Gasteiger partial charge on any atom is 0.251 e. The Kier molecular flexibility index (Phi) is 3.78. The molecule has 0 spiro atoms. The smallest absolute Gasteiger partial charge is 0.251 e. The zero-order valence-electron chi connectivity index (χ0n) is 12.5. The van der Waals surface area contributed by atoms with Crippen molar-refractivity contribution in [3.8, 4) is 5.75 Å². The Morgan fingerprint density at radius 1 is 1.27 bits per heavy atom. The number of aryl methyl sites for hydroxylation is 1. The number of rotatable bonds is 4. The van der Waals surface area contributed by atoms with E-state index in [-0.39, 0.29) is 5.91 Å². The van der Waals surface area contributed by atoms with Crippen LogP contribution in [0.3, 0.4) is 0 Å². The summed E-state index contributed by atoms with van der Waals surface area (Å²) in [7, 11) is 1.61. The van der Waals surface area contributed by atoms with Gasteiger partial charge in [-0.05, 0) is 36.8 Å². The first-order valence-electron chi connectivity index (χ1n) is 7.05. The summed E-state index contributed by atoms with van der Waals surface area (Å²) in [5.74, 6) is 0.517. The summed E-state index contributed by atoms with van der Waals surface area (Å²) < 4.78 is 7.71. The van der Waals surface area contributed by atoms with Gasteiger partial charge in [0.2, 0.25) is 0 Å². The molecule has 3 rings (SSSR count). The predicted octanol–water partition coefficient (Wildman–Crippen LogP) is 2.58. The number of aromatic nitrogens is 2. The lowest BCUT2D eigenvalue weighted by Gasteiger charge is -2.06.